The number of carbonyl (C=O) groups is 1. The first kappa shape index (κ1) is 16.0. The van der Waals surface area contributed by atoms with Crippen molar-refractivity contribution in [2.24, 2.45) is 0 Å². The fourth-order valence-corrected chi connectivity index (χ4v) is 2.65. The Balaban J connectivity index is 1.67. The number of rotatable bonds is 7. The van der Waals surface area contributed by atoms with E-state index < -0.39 is 0 Å². The summed E-state index contributed by atoms with van der Waals surface area (Å²) in [6, 6.07) is 3.91. The molecule has 1 aromatic rings. The van der Waals surface area contributed by atoms with E-state index in [4.69, 9.17) is 4.42 Å². The Hall–Kier alpha value is -1.37. The van der Waals surface area contributed by atoms with Crippen LogP contribution in [0.4, 0.5) is 0 Å². The summed E-state index contributed by atoms with van der Waals surface area (Å²) in [5.41, 5.74) is 0. The van der Waals surface area contributed by atoms with Gasteiger partial charge in [-0.2, -0.15) is 0 Å². The van der Waals surface area contributed by atoms with E-state index in [0.29, 0.717) is 13.1 Å². The Morgan fingerprint density at radius 3 is 2.76 bits per heavy atom. The fraction of sp³-hybridized carbons (Fsp3) is 0.667. The minimum atomic E-state index is 0.0223. The van der Waals surface area contributed by atoms with E-state index in [0.717, 1.165) is 38.4 Å². The highest BCUT2D eigenvalue weighted by Crippen LogP contribution is 2.08. The van der Waals surface area contributed by atoms with E-state index in [1.807, 2.05) is 12.1 Å². The summed E-state index contributed by atoms with van der Waals surface area (Å²) in [7, 11) is 0. The third-order valence-corrected chi connectivity index (χ3v) is 4.01. The SMILES string of the molecule is CCC(CO)N1CCN(CC(=O)NCc2ccco2)CC1. The van der Waals surface area contributed by atoms with Crippen molar-refractivity contribution in [2.45, 2.75) is 25.9 Å². The van der Waals surface area contributed by atoms with Gasteiger partial charge in [0.15, 0.2) is 0 Å². The van der Waals surface area contributed by atoms with Crippen molar-refractivity contribution in [1.82, 2.24) is 15.1 Å². The summed E-state index contributed by atoms with van der Waals surface area (Å²) in [5, 5.41) is 12.2. The normalized spacial score (nSPS) is 18.6. The summed E-state index contributed by atoms with van der Waals surface area (Å²) >= 11 is 0. The van der Waals surface area contributed by atoms with Crippen molar-refractivity contribution in [1.29, 1.82) is 0 Å². The van der Waals surface area contributed by atoms with Crippen molar-refractivity contribution in [3.8, 4) is 0 Å². The maximum Gasteiger partial charge on any atom is 0.234 e. The predicted molar refractivity (Wildman–Crippen MR) is 79.7 cm³/mol. The van der Waals surface area contributed by atoms with Gasteiger partial charge in [0, 0.05) is 32.2 Å². The van der Waals surface area contributed by atoms with Crippen molar-refractivity contribution in [3.05, 3.63) is 24.2 Å². The molecule has 1 aliphatic heterocycles. The van der Waals surface area contributed by atoms with Crippen molar-refractivity contribution in [3.63, 3.8) is 0 Å². The van der Waals surface area contributed by atoms with E-state index in [1.54, 1.807) is 6.26 Å². The maximum absolute atomic E-state index is 11.9. The molecule has 118 valence electrons. The third kappa shape index (κ3) is 4.84. The van der Waals surface area contributed by atoms with Crippen LogP contribution in [-0.4, -0.2) is 66.2 Å². The van der Waals surface area contributed by atoms with Crippen molar-refractivity contribution < 1.29 is 14.3 Å². The average molecular weight is 295 g/mol. The van der Waals surface area contributed by atoms with Gasteiger partial charge in [0.2, 0.25) is 5.91 Å². The van der Waals surface area contributed by atoms with E-state index in [1.165, 1.54) is 0 Å². The second kappa shape index (κ2) is 8.17. The molecule has 0 aliphatic carbocycles. The number of hydrogen-bond acceptors (Lipinski definition) is 5. The van der Waals surface area contributed by atoms with Gasteiger partial charge in [-0.3, -0.25) is 14.6 Å². The number of furan rings is 1. The Morgan fingerprint density at radius 1 is 1.43 bits per heavy atom. The monoisotopic (exact) mass is 295 g/mol. The van der Waals surface area contributed by atoms with Crippen LogP contribution in [0.5, 0.6) is 0 Å². The number of hydrogen-bond donors (Lipinski definition) is 2. The molecule has 6 heteroatoms. The number of carbonyl (C=O) groups excluding carboxylic acids is 1. The Bertz CT molecular complexity index is 410. The van der Waals surface area contributed by atoms with E-state index >= 15 is 0 Å². The van der Waals surface area contributed by atoms with Gasteiger partial charge in [-0.05, 0) is 18.6 Å². The smallest absolute Gasteiger partial charge is 0.234 e. The summed E-state index contributed by atoms with van der Waals surface area (Å²) < 4.78 is 5.18. The number of aliphatic hydroxyl groups excluding tert-OH is 1. The standard InChI is InChI=1S/C15H25N3O3/c1-2-13(12-19)18-7-5-17(6-8-18)11-15(20)16-10-14-4-3-9-21-14/h3-4,9,13,19H,2,5-8,10-12H2,1H3,(H,16,20). The molecule has 1 aromatic heterocycles. The lowest BCUT2D eigenvalue weighted by molar-refractivity contribution is -0.123. The second-order valence-corrected chi connectivity index (χ2v) is 5.41. The molecule has 1 fully saturated rings. The van der Waals surface area contributed by atoms with Crippen LogP contribution in [0.15, 0.2) is 22.8 Å². The molecule has 1 aliphatic rings. The number of piperazine rings is 1. The van der Waals surface area contributed by atoms with Crippen LogP contribution in [-0.2, 0) is 11.3 Å². The Labute approximate surface area is 125 Å². The molecule has 21 heavy (non-hydrogen) atoms. The molecular weight excluding hydrogens is 270 g/mol. The quantitative estimate of drug-likeness (QED) is 0.756. The zero-order chi connectivity index (χ0) is 15.1. The topological polar surface area (TPSA) is 69.0 Å². The van der Waals surface area contributed by atoms with Gasteiger partial charge < -0.3 is 14.8 Å². The average Bonchev–Trinajstić information content (AvgIpc) is 3.01. The first-order chi connectivity index (χ1) is 10.2. The van der Waals surface area contributed by atoms with Crippen LogP contribution in [0.2, 0.25) is 0 Å². The fourth-order valence-electron chi connectivity index (χ4n) is 2.65. The van der Waals surface area contributed by atoms with E-state index in [-0.39, 0.29) is 18.6 Å². The van der Waals surface area contributed by atoms with Crippen molar-refractivity contribution >= 4 is 5.91 Å². The van der Waals surface area contributed by atoms with Gasteiger partial charge in [0.1, 0.15) is 5.76 Å². The van der Waals surface area contributed by atoms with Gasteiger partial charge in [0.05, 0.1) is 26.0 Å². The van der Waals surface area contributed by atoms with Gasteiger partial charge in [-0.15, -0.1) is 0 Å². The minimum absolute atomic E-state index is 0.0223. The van der Waals surface area contributed by atoms with Crippen LogP contribution in [0.3, 0.4) is 0 Å². The molecule has 0 aromatic carbocycles. The first-order valence-electron chi connectivity index (χ1n) is 7.59. The highest BCUT2D eigenvalue weighted by molar-refractivity contribution is 5.77. The Morgan fingerprint density at radius 2 is 2.19 bits per heavy atom. The zero-order valence-corrected chi connectivity index (χ0v) is 12.6. The Kier molecular flexibility index (Phi) is 6.22. The molecule has 1 amide bonds. The molecule has 0 bridgehead atoms. The second-order valence-electron chi connectivity index (χ2n) is 5.41. The number of nitrogens with one attached hydrogen (secondary N) is 1. The first-order valence-corrected chi connectivity index (χ1v) is 7.59. The minimum Gasteiger partial charge on any atom is -0.467 e. The zero-order valence-electron chi connectivity index (χ0n) is 12.6. The van der Waals surface area contributed by atoms with Crippen LogP contribution in [0.25, 0.3) is 0 Å². The molecular formula is C15H25N3O3. The molecule has 0 spiro atoms. The number of amides is 1. The number of aliphatic hydroxyl groups is 1. The van der Waals surface area contributed by atoms with E-state index in [2.05, 4.69) is 22.0 Å². The van der Waals surface area contributed by atoms with Gasteiger partial charge in [0.25, 0.3) is 0 Å². The molecule has 0 saturated carbocycles. The summed E-state index contributed by atoms with van der Waals surface area (Å²) in [6.45, 7) is 6.71. The lowest BCUT2D eigenvalue weighted by Gasteiger charge is -2.38. The lowest BCUT2D eigenvalue weighted by Crippen LogP contribution is -2.53. The maximum atomic E-state index is 11.9. The molecule has 2 rings (SSSR count). The van der Waals surface area contributed by atoms with E-state index in [9.17, 15) is 9.90 Å². The molecule has 1 atom stereocenters. The van der Waals surface area contributed by atoms with Crippen LogP contribution >= 0.6 is 0 Å². The summed E-state index contributed by atoms with van der Waals surface area (Å²) in [6.07, 6.45) is 2.56. The summed E-state index contributed by atoms with van der Waals surface area (Å²) in [4.78, 5) is 16.3. The molecule has 1 saturated heterocycles. The van der Waals surface area contributed by atoms with Gasteiger partial charge in [-0.25, -0.2) is 0 Å². The van der Waals surface area contributed by atoms with Crippen LogP contribution in [0, 0.1) is 0 Å². The van der Waals surface area contributed by atoms with Crippen molar-refractivity contribution in [2.75, 3.05) is 39.3 Å². The molecule has 0 radical (unpaired) electrons. The molecule has 6 nitrogen and oxygen atoms in total. The summed E-state index contributed by atoms with van der Waals surface area (Å²) in [5.74, 6) is 0.788. The van der Waals surface area contributed by atoms with Gasteiger partial charge >= 0.3 is 0 Å². The van der Waals surface area contributed by atoms with Gasteiger partial charge in [-0.1, -0.05) is 6.92 Å². The lowest BCUT2D eigenvalue weighted by atomic mass is 10.1. The van der Waals surface area contributed by atoms with Crippen LogP contribution in [0.1, 0.15) is 19.1 Å². The third-order valence-electron chi connectivity index (χ3n) is 4.01. The van der Waals surface area contributed by atoms with Crippen LogP contribution < -0.4 is 5.32 Å². The molecule has 2 N–H and O–H groups in total. The molecule has 1 unspecified atom stereocenters. The highest BCUT2D eigenvalue weighted by atomic mass is 16.3. The highest BCUT2D eigenvalue weighted by Gasteiger charge is 2.23. The molecule has 2 heterocycles. The number of nitrogens with zero attached hydrogens (tertiary/aromatic N) is 2. The predicted octanol–water partition coefficient (Wildman–Crippen LogP) is 0.284. The largest absolute Gasteiger partial charge is 0.467 e.